The maximum absolute atomic E-state index is 5.50. The van der Waals surface area contributed by atoms with Gasteiger partial charge in [0, 0.05) is 56.6 Å². The molecule has 0 amide bonds. The number of anilines is 1. The second-order valence-electron chi connectivity index (χ2n) is 7.95. The fourth-order valence-electron chi connectivity index (χ4n) is 4.06. The molecule has 2 aliphatic rings. The third kappa shape index (κ3) is 4.66. The number of piperazine rings is 1. The van der Waals surface area contributed by atoms with Crippen LogP contribution in [0, 0.1) is 0 Å². The number of hydrogen-bond donors (Lipinski definition) is 1. The monoisotopic (exact) mass is 436 g/mol. The summed E-state index contributed by atoms with van der Waals surface area (Å²) in [6, 6.07) is 16.1. The number of rotatable bonds is 8. The Hall–Kier alpha value is -3.23. The molecular weight excluding hydrogens is 408 g/mol. The number of methoxy groups -OCH3 is 1. The van der Waals surface area contributed by atoms with Crippen LogP contribution in [0.1, 0.15) is 5.76 Å². The van der Waals surface area contributed by atoms with Gasteiger partial charge in [-0.1, -0.05) is 5.16 Å². The van der Waals surface area contributed by atoms with Crippen molar-refractivity contribution in [2.24, 2.45) is 0 Å². The van der Waals surface area contributed by atoms with Gasteiger partial charge in [0.25, 0.3) is 0 Å². The number of fused-ring (bicyclic) bond motifs is 1. The van der Waals surface area contributed by atoms with Crippen molar-refractivity contribution in [1.29, 1.82) is 0 Å². The predicted octanol–water partition coefficient (Wildman–Crippen LogP) is 2.99. The summed E-state index contributed by atoms with van der Waals surface area (Å²) in [7, 11) is 1.70. The summed E-state index contributed by atoms with van der Waals surface area (Å²) in [5.74, 6) is 3.23. The summed E-state index contributed by atoms with van der Waals surface area (Å²) in [5.41, 5.74) is 3.01. The number of aromatic nitrogens is 1. The first-order valence-corrected chi connectivity index (χ1v) is 11.0. The molecule has 2 aromatic carbocycles. The zero-order valence-electron chi connectivity index (χ0n) is 18.3. The van der Waals surface area contributed by atoms with Crippen LogP contribution >= 0.6 is 0 Å². The Bertz CT molecular complexity index is 1030. The topological polar surface area (TPSA) is 72.2 Å². The van der Waals surface area contributed by atoms with Crippen LogP contribution in [0.5, 0.6) is 17.2 Å². The van der Waals surface area contributed by atoms with Crippen LogP contribution in [0.4, 0.5) is 5.69 Å². The molecule has 8 nitrogen and oxygen atoms in total. The van der Waals surface area contributed by atoms with Crippen molar-refractivity contribution in [1.82, 2.24) is 15.4 Å². The van der Waals surface area contributed by atoms with E-state index in [1.807, 2.05) is 36.4 Å². The van der Waals surface area contributed by atoms with Crippen LogP contribution in [-0.4, -0.2) is 63.2 Å². The summed E-state index contributed by atoms with van der Waals surface area (Å²) >= 11 is 0. The fourth-order valence-corrected chi connectivity index (χ4v) is 4.06. The van der Waals surface area contributed by atoms with Gasteiger partial charge in [-0.2, -0.15) is 0 Å². The highest BCUT2D eigenvalue weighted by atomic mass is 16.7. The first-order chi connectivity index (χ1) is 15.8. The molecule has 5 rings (SSSR count). The van der Waals surface area contributed by atoms with Crippen molar-refractivity contribution in [3.8, 4) is 28.5 Å². The number of nitrogens with one attached hydrogen (secondary N) is 1. The molecule has 1 aromatic heterocycles. The average molecular weight is 437 g/mol. The van der Waals surface area contributed by atoms with E-state index in [0.29, 0.717) is 6.54 Å². The normalized spacial score (nSPS) is 15.8. The second-order valence-corrected chi connectivity index (χ2v) is 7.95. The third-order valence-electron chi connectivity index (χ3n) is 5.94. The maximum Gasteiger partial charge on any atom is 0.231 e. The van der Waals surface area contributed by atoms with Gasteiger partial charge in [0.1, 0.15) is 11.4 Å². The quantitative estimate of drug-likeness (QED) is 0.541. The van der Waals surface area contributed by atoms with E-state index in [0.717, 1.165) is 73.5 Å². The van der Waals surface area contributed by atoms with Crippen LogP contribution in [0.3, 0.4) is 0 Å². The van der Waals surface area contributed by atoms with Crippen LogP contribution in [0.15, 0.2) is 53.1 Å². The van der Waals surface area contributed by atoms with Crippen molar-refractivity contribution < 1.29 is 18.7 Å². The molecular formula is C24H28N4O4. The first-order valence-electron chi connectivity index (χ1n) is 11.0. The highest BCUT2D eigenvalue weighted by molar-refractivity contribution is 5.64. The van der Waals surface area contributed by atoms with Gasteiger partial charge in [-0.3, -0.25) is 4.90 Å². The van der Waals surface area contributed by atoms with E-state index in [1.165, 1.54) is 5.69 Å². The Balaban J connectivity index is 1.04. The fraction of sp³-hybridized carbons (Fsp3) is 0.375. The molecule has 0 spiro atoms. The van der Waals surface area contributed by atoms with E-state index in [-0.39, 0.29) is 6.79 Å². The predicted molar refractivity (Wildman–Crippen MR) is 121 cm³/mol. The number of nitrogens with zero attached hydrogens (tertiary/aromatic N) is 3. The lowest BCUT2D eigenvalue weighted by atomic mass is 10.1. The van der Waals surface area contributed by atoms with Crippen LogP contribution in [0.2, 0.25) is 0 Å². The van der Waals surface area contributed by atoms with Gasteiger partial charge < -0.3 is 29.0 Å². The smallest absolute Gasteiger partial charge is 0.231 e. The van der Waals surface area contributed by atoms with E-state index < -0.39 is 0 Å². The minimum Gasteiger partial charge on any atom is -0.497 e. The highest BCUT2D eigenvalue weighted by Crippen LogP contribution is 2.35. The standard InChI is InChI=1S/C24H28N4O4/c1-29-20-5-3-19(4-6-20)28-12-10-27(11-13-28)9-8-25-16-21-15-22(26-32-21)18-2-7-23-24(14-18)31-17-30-23/h2-7,14-15,25H,8-13,16-17H2,1H3. The Kier molecular flexibility index (Phi) is 6.13. The lowest BCUT2D eigenvalue weighted by molar-refractivity contribution is 0.174. The molecule has 1 N–H and O–H groups in total. The van der Waals surface area contributed by atoms with Crippen molar-refractivity contribution in [3.05, 3.63) is 54.3 Å². The molecule has 1 saturated heterocycles. The molecule has 0 unspecified atom stereocenters. The van der Waals surface area contributed by atoms with E-state index >= 15 is 0 Å². The van der Waals surface area contributed by atoms with E-state index in [4.69, 9.17) is 18.7 Å². The van der Waals surface area contributed by atoms with Gasteiger partial charge >= 0.3 is 0 Å². The van der Waals surface area contributed by atoms with Gasteiger partial charge in [0.05, 0.1) is 13.7 Å². The maximum atomic E-state index is 5.50. The summed E-state index contributed by atoms with van der Waals surface area (Å²) in [6.07, 6.45) is 0. The number of hydrogen-bond acceptors (Lipinski definition) is 8. The van der Waals surface area contributed by atoms with E-state index in [9.17, 15) is 0 Å². The van der Waals surface area contributed by atoms with Gasteiger partial charge in [-0.25, -0.2) is 0 Å². The minimum absolute atomic E-state index is 0.267. The molecule has 0 saturated carbocycles. The molecule has 3 aromatic rings. The van der Waals surface area contributed by atoms with Gasteiger partial charge in [0.15, 0.2) is 17.3 Å². The molecule has 32 heavy (non-hydrogen) atoms. The van der Waals surface area contributed by atoms with Crippen molar-refractivity contribution in [3.63, 3.8) is 0 Å². The largest absolute Gasteiger partial charge is 0.497 e. The molecule has 2 aliphatic heterocycles. The van der Waals surface area contributed by atoms with Crippen molar-refractivity contribution in [2.45, 2.75) is 6.54 Å². The molecule has 0 atom stereocenters. The molecule has 8 heteroatoms. The van der Waals surface area contributed by atoms with Crippen LogP contribution in [0.25, 0.3) is 11.3 Å². The molecule has 0 bridgehead atoms. The first kappa shape index (κ1) is 20.7. The zero-order chi connectivity index (χ0) is 21.8. The molecule has 1 fully saturated rings. The lowest BCUT2D eigenvalue weighted by Gasteiger charge is -2.36. The summed E-state index contributed by atoms with van der Waals surface area (Å²) in [5, 5.41) is 7.66. The lowest BCUT2D eigenvalue weighted by Crippen LogP contribution is -2.48. The second kappa shape index (κ2) is 9.50. The van der Waals surface area contributed by atoms with Gasteiger partial charge in [-0.15, -0.1) is 0 Å². The molecule has 0 aliphatic carbocycles. The van der Waals surface area contributed by atoms with Crippen LogP contribution < -0.4 is 24.4 Å². The molecule has 168 valence electrons. The van der Waals surface area contributed by atoms with E-state index in [2.05, 4.69) is 32.4 Å². The number of ether oxygens (including phenoxy) is 3. The number of benzene rings is 2. The van der Waals surface area contributed by atoms with Gasteiger partial charge in [0.2, 0.25) is 6.79 Å². The van der Waals surface area contributed by atoms with Gasteiger partial charge in [-0.05, 0) is 42.5 Å². The minimum atomic E-state index is 0.267. The van der Waals surface area contributed by atoms with Crippen LogP contribution in [-0.2, 0) is 6.54 Å². The Labute approximate surface area is 187 Å². The Morgan fingerprint density at radius 3 is 2.59 bits per heavy atom. The molecule has 3 heterocycles. The van der Waals surface area contributed by atoms with Crippen molar-refractivity contribution >= 4 is 5.69 Å². The summed E-state index contributed by atoms with van der Waals surface area (Å²) in [6.45, 7) is 7.03. The van der Waals surface area contributed by atoms with Crippen molar-refractivity contribution in [2.75, 3.05) is 58.1 Å². The zero-order valence-corrected chi connectivity index (χ0v) is 18.3. The summed E-state index contributed by atoms with van der Waals surface area (Å²) in [4.78, 5) is 4.92. The average Bonchev–Trinajstić information content (AvgIpc) is 3.51. The SMILES string of the molecule is COc1ccc(N2CCN(CCNCc3cc(-c4ccc5c(c4)OCO5)no3)CC2)cc1. The Morgan fingerprint density at radius 2 is 1.78 bits per heavy atom. The highest BCUT2D eigenvalue weighted by Gasteiger charge is 2.18. The Morgan fingerprint density at radius 1 is 0.969 bits per heavy atom. The van der Waals surface area contributed by atoms with E-state index in [1.54, 1.807) is 7.11 Å². The summed E-state index contributed by atoms with van der Waals surface area (Å²) < 4.78 is 21.5. The molecule has 0 radical (unpaired) electrons. The third-order valence-corrected chi connectivity index (χ3v) is 5.94.